The molecule has 5 heteroatoms. The summed E-state index contributed by atoms with van der Waals surface area (Å²) in [4.78, 5) is 12.0. The van der Waals surface area contributed by atoms with E-state index in [-0.39, 0.29) is 11.1 Å². The second kappa shape index (κ2) is 5.94. The van der Waals surface area contributed by atoms with Gasteiger partial charge in [-0.1, -0.05) is 36.2 Å². The highest BCUT2D eigenvalue weighted by Crippen LogP contribution is 2.36. The smallest absolute Gasteiger partial charge is 0.295 e. The van der Waals surface area contributed by atoms with Crippen LogP contribution in [-0.4, -0.2) is 9.13 Å². The molecule has 0 N–H and O–H groups in total. The Hall–Kier alpha value is -0.740. The highest BCUT2D eigenvalue weighted by molar-refractivity contribution is 9.10. The molecule has 2 rings (SSSR count). The Balaban J connectivity index is 2.53. The van der Waals surface area contributed by atoms with E-state index in [0.29, 0.717) is 5.92 Å². The van der Waals surface area contributed by atoms with E-state index >= 15 is 0 Å². The third kappa shape index (κ3) is 2.68. The summed E-state index contributed by atoms with van der Waals surface area (Å²) in [5.41, 5.74) is 2.88. The lowest BCUT2D eigenvalue weighted by Gasteiger charge is -2.16. The van der Waals surface area contributed by atoms with E-state index in [1.807, 2.05) is 12.1 Å². The molecule has 0 fully saturated rings. The van der Waals surface area contributed by atoms with Crippen molar-refractivity contribution in [3.8, 4) is 0 Å². The first kappa shape index (κ1) is 15.6. The standard InChI is InChI=1S/C15H20BrClN2O/c1-5-9(2)6-12(17)10-7-13-14(8-11(10)16)19(4)15(20)18(13)3/h7-9,12H,5-6H2,1-4H3. The summed E-state index contributed by atoms with van der Waals surface area (Å²) < 4.78 is 4.29. The fourth-order valence-corrected chi connectivity index (χ4v) is 3.65. The first-order valence-corrected chi connectivity index (χ1v) is 8.08. The van der Waals surface area contributed by atoms with Crippen LogP contribution < -0.4 is 5.69 Å². The average molecular weight is 360 g/mol. The van der Waals surface area contributed by atoms with Gasteiger partial charge in [0.2, 0.25) is 0 Å². The van der Waals surface area contributed by atoms with Gasteiger partial charge in [-0.2, -0.15) is 0 Å². The van der Waals surface area contributed by atoms with E-state index in [0.717, 1.165) is 33.9 Å². The summed E-state index contributed by atoms with van der Waals surface area (Å²) in [6.07, 6.45) is 2.05. The Morgan fingerprint density at radius 2 is 1.80 bits per heavy atom. The third-order valence-corrected chi connectivity index (χ3v) is 5.13. The number of hydrogen-bond donors (Lipinski definition) is 0. The van der Waals surface area contributed by atoms with E-state index in [1.54, 1.807) is 23.2 Å². The van der Waals surface area contributed by atoms with Crippen molar-refractivity contribution in [2.75, 3.05) is 0 Å². The van der Waals surface area contributed by atoms with Crippen molar-refractivity contribution in [2.24, 2.45) is 20.0 Å². The zero-order valence-corrected chi connectivity index (χ0v) is 14.6. The second-order valence-corrected chi connectivity index (χ2v) is 6.86. The molecule has 0 aliphatic heterocycles. The van der Waals surface area contributed by atoms with E-state index in [4.69, 9.17) is 11.6 Å². The number of halogens is 2. The molecule has 0 spiro atoms. The van der Waals surface area contributed by atoms with Crippen molar-refractivity contribution in [1.29, 1.82) is 0 Å². The summed E-state index contributed by atoms with van der Waals surface area (Å²) in [7, 11) is 3.58. The summed E-state index contributed by atoms with van der Waals surface area (Å²) in [6, 6.07) is 4.01. The Morgan fingerprint density at radius 1 is 1.25 bits per heavy atom. The van der Waals surface area contributed by atoms with Gasteiger partial charge in [-0.05, 0) is 30.0 Å². The molecule has 3 nitrogen and oxygen atoms in total. The van der Waals surface area contributed by atoms with Crippen molar-refractivity contribution in [2.45, 2.75) is 32.1 Å². The molecule has 2 aromatic rings. The minimum atomic E-state index is -0.0426. The third-order valence-electron chi connectivity index (χ3n) is 4.03. The monoisotopic (exact) mass is 358 g/mol. The molecule has 2 unspecified atom stereocenters. The highest BCUT2D eigenvalue weighted by Gasteiger charge is 2.18. The number of hydrogen-bond acceptors (Lipinski definition) is 1. The Bertz CT molecular complexity index is 689. The first-order valence-electron chi connectivity index (χ1n) is 6.85. The van der Waals surface area contributed by atoms with Gasteiger partial charge in [0.05, 0.1) is 16.4 Å². The molecule has 20 heavy (non-hydrogen) atoms. The maximum absolute atomic E-state index is 12.0. The minimum absolute atomic E-state index is 0.0166. The molecule has 0 amide bonds. The topological polar surface area (TPSA) is 26.9 Å². The molecule has 0 saturated heterocycles. The molecular weight excluding hydrogens is 340 g/mol. The largest absolute Gasteiger partial charge is 0.328 e. The van der Waals surface area contributed by atoms with E-state index in [1.165, 1.54) is 0 Å². The lowest BCUT2D eigenvalue weighted by Crippen LogP contribution is -2.19. The molecule has 0 radical (unpaired) electrons. The minimum Gasteiger partial charge on any atom is -0.295 e. The quantitative estimate of drug-likeness (QED) is 0.745. The van der Waals surface area contributed by atoms with Crippen LogP contribution in [-0.2, 0) is 14.1 Å². The normalized spacial score (nSPS) is 14.7. The van der Waals surface area contributed by atoms with Crippen molar-refractivity contribution >= 4 is 38.6 Å². The lowest BCUT2D eigenvalue weighted by atomic mass is 9.98. The first-order chi connectivity index (χ1) is 9.36. The van der Waals surface area contributed by atoms with Gasteiger partial charge in [-0.3, -0.25) is 9.13 Å². The van der Waals surface area contributed by atoms with Crippen molar-refractivity contribution in [3.63, 3.8) is 0 Å². The van der Waals surface area contributed by atoms with E-state index in [9.17, 15) is 4.79 Å². The molecule has 1 aromatic heterocycles. The Labute approximate surface area is 132 Å². The summed E-state index contributed by atoms with van der Waals surface area (Å²) in [5, 5.41) is -0.0426. The summed E-state index contributed by atoms with van der Waals surface area (Å²) >= 11 is 10.1. The summed E-state index contributed by atoms with van der Waals surface area (Å²) in [6.45, 7) is 4.38. The number of nitrogens with zero attached hydrogens (tertiary/aromatic N) is 2. The molecule has 0 aliphatic carbocycles. The van der Waals surface area contributed by atoms with Gasteiger partial charge in [0.1, 0.15) is 0 Å². The van der Waals surface area contributed by atoms with Crippen LogP contribution in [0, 0.1) is 5.92 Å². The van der Waals surface area contributed by atoms with Crippen LogP contribution in [0.1, 0.15) is 37.6 Å². The van der Waals surface area contributed by atoms with E-state index < -0.39 is 0 Å². The molecule has 0 bridgehead atoms. The second-order valence-electron chi connectivity index (χ2n) is 5.48. The Kier molecular flexibility index (Phi) is 4.65. The van der Waals surface area contributed by atoms with Crippen LogP contribution in [0.2, 0.25) is 0 Å². The van der Waals surface area contributed by atoms with Gasteiger partial charge in [-0.25, -0.2) is 4.79 Å². The van der Waals surface area contributed by atoms with Crippen molar-refractivity contribution in [1.82, 2.24) is 9.13 Å². The van der Waals surface area contributed by atoms with E-state index in [2.05, 4.69) is 29.8 Å². The molecule has 1 aromatic carbocycles. The zero-order chi connectivity index (χ0) is 15.0. The number of imidazole rings is 1. The van der Waals surface area contributed by atoms with Gasteiger partial charge in [0, 0.05) is 18.6 Å². The molecule has 2 atom stereocenters. The number of rotatable bonds is 4. The average Bonchev–Trinajstić information content (AvgIpc) is 2.62. The number of benzene rings is 1. The number of aromatic nitrogens is 2. The van der Waals surface area contributed by atoms with Gasteiger partial charge in [-0.15, -0.1) is 11.6 Å². The maximum atomic E-state index is 12.0. The fraction of sp³-hybridized carbons (Fsp3) is 0.533. The fourth-order valence-electron chi connectivity index (χ4n) is 2.42. The Morgan fingerprint density at radius 3 is 2.35 bits per heavy atom. The van der Waals surface area contributed by atoms with Gasteiger partial charge in [0.15, 0.2) is 0 Å². The number of alkyl halides is 1. The number of fused-ring (bicyclic) bond motifs is 1. The molecule has 0 saturated carbocycles. The van der Waals surface area contributed by atoms with Crippen molar-refractivity contribution in [3.05, 3.63) is 32.7 Å². The van der Waals surface area contributed by atoms with Crippen LogP contribution >= 0.6 is 27.5 Å². The van der Waals surface area contributed by atoms with Gasteiger partial charge >= 0.3 is 5.69 Å². The SMILES string of the molecule is CCC(C)CC(Cl)c1cc2c(cc1Br)n(C)c(=O)n2C. The highest BCUT2D eigenvalue weighted by atomic mass is 79.9. The molecular formula is C15H20BrClN2O. The summed E-state index contributed by atoms with van der Waals surface area (Å²) in [5.74, 6) is 0.583. The predicted octanol–water partition coefficient (Wildman–Crippen LogP) is 4.36. The molecule has 110 valence electrons. The predicted molar refractivity (Wildman–Crippen MR) is 88.5 cm³/mol. The molecule has 1 heterocycles. The van der Waals surface area contributed by atoms with Gasteiger partial charge in [0.25, 0.3) is 0 Å². The number of aryl methyl sites for hydroxylation is 2. The maximum Gasteiger partial charge on any atom is 0.328 e. The zero-order valence-electron chi connectivity index (χ0n) is 12.3. The van der Waals surface area contributed by atoms with Crippen LogP contribution in [0.15, 0.2) is 21.4 Å². The molecule has 0 aliphatic rings. The van der Waals surface area contributed by atoms with Crippen LogP contribution in [0.3, 0.4) is 0 Å². The lowest BCUT2D eigenvalue weighted by molar-refractivity contribution is 0.508. The van der Waals surface area contributed by atoms with Gasteiger partial charge < -0.3 is 0 Å². The van der Waals surface area contributed by atoms with Crippen LogP contribution in [0.4, 0.5) is 0 Å². The van der Waals surface area contributed by atoms with Crippen LogP contribution in [0.5, 0.6) is 0 Å². The van der Waals surface area contributed by atoms with Crippen molar-refractivity contribution < 1.29 is 0 Å². The van der Waals surface area contributed by atoms with Crippen LogP contribution in [0.25, 0.3) is 11.0 Å².